The molecular formula is C18H23FN4O2. The topological polar surface area (TPSA) is 68.2 Å². The summed E-state index contributed by atoms with van der Waals surface area (Å²) in [7, 11) is 0. The van der Waals surface area contributed by atoms with Crippen LogP contribution in [0.25, 0.3) is 0 Å². The molecule has 2 atom stereocenters. The molecule has 2 N–H and O–H groups in total. The standard InChI is InChI=1S/C18H23FN4O2/c1-12(11-23-8-7-20-13(23)2)10-21-18(24)22-16-6-9-25-17-14(16)4-3-5-15(17)19/h3-5,7-8,12,16H,6,9-11H2,1-2H3,(H2,21,22,24)/t12-,16+/m1/s1. The number of benzene rings is 1. The van der Waals surface area contributed by atoms with Crippen molar-refractivity contribution in [3.63, 3.8) is 0 Å². The number of urea groups is 1. The number of fused-ring (bicyclic) bond motifs is 1. The molecule has 0 radical (unpaired) electrons. The Morgan fingerprint density at radius 2 is 2.36 bits per heavy atom. The first kappa shape index (κ1) is 17.3. The Morgan fingerprint density at radius 3 is 3.12 bits per heavy atom. The van der Waals surface area contributed by atoms with Gasteiger partial charge in [-0.3, -0.25) is 0 Å². The van der Waals surface area contributed by atoms with E-state index in [2.05, 4.69) is 27.1 Å². The van der Waals surface area contributed by atoms with Crippen molar-refractivity contribution in [2.75, 3.05) is 13.2 Å². The van der Waals surface area contributed by atoms with Crippen LogP contribution in [-0.2, 0) is 6.54 Å². The number of carbonyl (C=O) groups is 1. The summed E-state index contributed by atoms with van der Waals surface area (Å²) in [4.78, 5) is 16.4. The van der Waals surface area contributed by atoms with Gasteiger partial charge >= 0.3 is 6.03 Å². The number of rotatable bonds is 5. The van der Waals surface area contributed by atoms with Crippen molar-refractivity contribution in [2.45, 2.75) is 32.9 Å². The summed E-state index contributed by atoms with van der Waals surface area (Å²) in [5.74, 6) is 1.06. The molecule has 0 aliphatic carbocycles. The molecule has 0 fully saturated rings. The number of carbonyl (C=O) groups excluding carboxylic acids is 1. The van der Waals surface area contributed by atoms with Crippen LogP contribution in [0.4, 0.5) is 9.18 Å². The summed E-state index contributed by atoms with van der Waals surface area (Å²) in [6.07, 6.45) is 4.32. The summed E-state index contributed by atoms with van der Waals surface area (Å²) < 4.78 is 21.2. The minimum Gasteiger partial charge on any atom is -0.490 e. The number of halogens is 1. The van der Waals surface area contributed by atoms with Gasteiger partial charge in [-0.2, -0.15) is 0 Å². The number of hydrogen-bond donors (Lipinski definition) is 2. The fraction of sp³-hybridized carbons (Fsp3) is 0.444. The molecule has 1 aromatic heterocycles. The molecule has 6 nitrogen and oxygen atoms in total. The van der Waals surface area contributed by atoms with E-state index in [9.17, 15) is 9.18 Å². The molecule has 0 spiro atoms. The Balaban J connectivity index is 1.52. The molecule has 1 aliphatic heterocycles. The lowest BCUT2D eigenvalue weighted by molar-refractivity contribution is 0.218. The Kier molecular flexibility index (Phi) is 5.21. The van der Waals surface area contributed by atoms with E-state index < -0.39 is 5.82 Å². The summed E-state index contributed by atoms with van der Waals surface area (Å²) in [5, 5.41) is 5.80. The molecule has 1 aliphatic rings. The smallest absolute Gasteiger partial charge is 0.315 e. The number of amides is 2. The van der Waals surface area contributed by atoms with Crippen molar-refractivity contribution in [1.82, 2.24) is 20.2 Å². The second-order valence-electron chi connectivity index (χ2n) is 6.43. The van der Waals surface area contributed by atoms with Crippen molar-refractivity contribution in [1.29, 1.82) is 0 Å². The molecule has 7 heteroatoms. The van der Waals surface area contributed by atoms with Gasteiger partial charge in [0, 0.05) is 37.5 Å². The molecule has 25 heavy (non-hydrogen) atoms. The fourth-order valence-corrected chi connectivity index (χ4v) is 3.01. The highest BCUT2D eigenvalue weighted by molar-refractivity contribution is 5.74. The van der Waals surface area contributed by atoms with Crippen LogP contribution in [0.5, 0.6) is 5.75 Å². The zero-order valence-corrected chi connectivity index (χ0v) is 14.5. The summed E-state index contributed by atoms with van der Waals surface area (Å²) in [6, 6.07) is 4.28. The molecule has 1 aromatic carbocycles. The Hall–Kier alpha value is -2.57. The van der Waals surface area contributed by atoms with Crippen LogP contribution in [0.15, 0.2) is 30.6 Å². The van der Waals surface area contributed by atoms with Gasteiger partial charge in [-0.15, -0.1) is 0 Å². The van der Waals surface area contributed by atoms with Crippen LogP contribution in [0.3, 0.4) is 0 Å². The molecule has 134 valence electrons. The Morgan fingerprint density at radius 1 is 1.52 bits per heavy atom. The maximum atomic E-state index is 13.8. The second kappa shape index (κ2) is 7.55. The maximum absolute atomic E-state index is 13.8. The minimum absolute atomic E-state index is 0.239. The normalized spacial score (nSPS) is 17.3. The first-order valence-corrected chi connectivity index (χ1v) is 8.48. The van der Waals surface area contributed by atoms with Gasteiger partial charge in [0.15, 0.2) is 11.6 Å². The quantitative estimate of drug-likeness (QED) is 0.875. The van der Waals surface area contributed by atoms with E-state index in [0.717, 1.165) is 12.4 Å². The summed E-state index contributed by atoms with van der Waals surface area (Å²) in [6.45, 7) is 5.74. The SMILES string of the molecule is Cc1nccn1C[C@H](C)CNC(=O)N[C@H]1CCOc2c(F)cccc21. The zero-order chi connectivity index (χ0) is 17.8. The van der Waals surface area contributed by atoms with E-state index in [-0.39, 0.29) is 23.7 Å². The molecule has 2 heterocycles. The highest BCUT2D eigenvalue weighted by Gasteiger charge is 2.25. The van der Waals surface area contributed by atoms with Crippen molar-refractivity contribution in [3.8, 4) is 5.75 Å². The van der Waals surface area contributed by atoms with Gasteiger partial charge < -0.3 is 19.9 Å². The number of aryl methyl sites for hydroxylation is 1. The third-order valence-corrected chi connectivity index (χ3v) is 4.37. The van der Waals surface area contributed by atoms with E-state index in [4.69, 9.17) is 4.74 Å². The number of aromatic nitrogens is 2. The highest BCUT2D eigenvalue weighted by atomic mass is 19.1. The van der Waals surface area contributed by atoms with Crippen molar-refractivity contribution >= 4 is 6.03 Å². The van der Waals surface area contributed by atoms with Crippen molar-refractivity contribution < 1.29 is 13.9 Å². The number of imidazole rings is 1. The van der Waals surface area contributed by atoms with Gasteiger partial charge in [0.1, 0.15) is 5.82 Å². The van der Waals surface area contributed by atoms with Crippen LogP contribution in [-0.4, -0.2) is 28.7 Å². The van der Waals surface area contributed by atoms with Crippen LogP contribution < -0.4 is 15.4 Å². The van der Waals surface area contributed by atoms with Crippen LogP contribution >= 0.6 is 0 Å². The maximum Gasteiger partial charge on any atom is 0.315 e. The molecule has 3 rings (SSSR count). The Bertz CT molecular complexity index is 746. The third kappa shape index (κ3) is 4.10. The van der Waals surface area contributed by atoms with E-state index in [1.165, 1.54) is 6.07 Å². The van der Waals surface area contributed by atoms with E-state index in [1.807, 2.05) is 13.1 Å². The highest BCUT2D eigenvalue weighted by Crippen LogP contribution is 2.33. The molecular weight excluding hydrogens is 323 g/mol. The third-order valence-electron chi connectivity index (χ3n) is 4.37. The number of hydrogen-bond acceptors (Lipinski definition) is 3. The van der Waals surface area contributed by atoms with E-state index in [0.29, 0.717) is 25.1 Å². The average molecular weight is 346 g/mol. The van der Waals surface area contributed by atoms with Crippen LogP contribution in [0.2, 0.25) is 0 Å². The molecule has 2 amide bonds. The first-order valence-electron chi connectivity index (χ1n) is 8.48. The lowest BCUT2D eigenvalue weighted by atomic mass is 10.0. The van der Waals surface area contributed by atoms with Crippen molar-refractivity contribution in [2.24, 2.45) is 5.92 Å². The monoisotopic (exact) mass is 346 g/mol. The largest absolute Gasteiger partial charge is 0.490 e. The van der Waals surface area contributed by atoms with Crippen molar-refractivity contribution in [3.05, 3.63) is 47.8 Å². The van der Waals surface area contributed by atoms with Gasteiger partial charge in [-0.1, -0.05) is 19.1 Å². The van der Waals surface area contributed by atoms with Gasteiger partial charge in [0.25, 0.3) is 0 Å². The van der Waals surface area contributed by atoms with E-state index >= 15 is 0 Å². The van der Waals surface area contributed by atoms with Gasteiger partial charge in [0.2, 0.25) is 0 Å². The first-order chi connectivity index (χ1) is 12.0. The Labute approximate surface area is 146 Å². The predicted octanol–water partition coefficient (Wildman–Crippen LogP) is 2.79. The number of nitrogens with one attached hydrogen (secondary N) is 2. The fourth-order valence-electron chi connectivity index (χ4n) is 3.01. The second-order valence-corrected chi connectivity index (χ2v) is 6.43. The number of ether oxygens (including phenoxy) is 1. The predicted molar refractivity (Wildman–Crippen MR) is 91.9 cm³/mol. The lowest BCUT2D eigenvalue weighted by Gasteiger charge is -2.27. The zero-order valence-electron chi connectivity index (χ0n) is 14.5. The average Bonchev–Trinajstić information content (AvgIpc) is 2.99. The van der Waals surface area contributed by atoms with E-state index in [1.54, 1.807) is 18.3 Å². The molecule has 0 saturated carbocycles. The molecule has 0 unspecified atom stereocenters. The summed E-state index contributed by atoms with van der Waals surface area (Å²) >= 11 is 0. The molecule has 2 aromatic rings. The van der Waals surface area contributed by atoms with Crippen LogP contribution in [0.1, 0.15) is 30.8 Å². The molecule has 0 saturated heterocycles. The number of nitrogens with zero attached hydrogens (tertiary/aromatic N) is 2. The van der Waals surface area contributed by atoms with Gasteiger partial charge in [-0.05, 0) is 18.9 Å². The number of para-hydroxylation sites is 1. The lowest BCUT2D eigenvalue weighted by Crippen LogP contribution is -2.41. The van der Waals surface area contributed by atoms with Gasteiger partial charge in [-0.25, -0.2) is 14.2 Å². The summed E-state index contributed by atoms with van der Waals surface area (Å²) in [5.41, 5.74) is 0.684. The minimum atomic E-state index is -0.395. The van der Waals surface area contributed by atoms with Gasteiger partial charge in [0.05, 0.1) is 12.6 Å². The molecule has 0 bridgehead atoms. The van der Waals surface area contributed by atoms with Crippen LogP contribution in [0, 0.1) is 18.7 Å².